The zero-order valence-corrected chi connectivity index (χ0v) is 13.4. The molecule has 3 aromatic carbocycles. The predicted molar refractivity (Wildman–Crippen MR) is 94.6 cm³/mol. The van der Waals surface area contributed by atoms with E-state index in [2.05, 4.69) is 0 Å². The maximum absolute atomic E-state index is 11.5. The summed E-state index contributed by atoms with van der Waals surface area (Å²) in [6.07, 6.45) is 0. The molecular weight excluding hydrogens is 336 g/mol. The van der Waals surface area contributed by atoms with Gasteiger partial charge in [-0.05, 0) is 41.5 Å². The molecule has 0 saturated heterocycles. The second kappa shape index (κ2) is 6.60. The highest BCUT2D eigenvalue weighted by Crippen LogP contribution is 2.38. The molecule has 0 heterocycles. The topological polar surface area (TPSA) is 115 Å². The summed E-state index contributed by atoms with van der Waals surface area (Å²) in [5.41, 5.74) is 0.842. The monoisotopic (exact) mass is 350 g/mol. The Balaban J connectivity index is 2.25. The molecule has 0 unspecified atom stereocenters. The van der Waals surface area contributed by atoms with Crippen LogP contribution in [0.3, 0.4) is 0 Å². The average molecular weight is 350 g/mol. The molecule has 0 aliphatic carbocycles. The Labute approximate surface area is 148 Å². The van der Waals surface area contributed by atoms with Crippen molar-refractivity contribution < 1.29 is 30.0 Å². The second-order valence-electron chi connectivity index (χ2n) is 5.59. The van der Waals surface area contributed by atoms with Gasteiger partial charge in [-0.2, -0.15) is 0 Å². The fraction of sp³-hybridized carbons (Fsp3) is 0. The quantitative estimate of drug-likeness (QED) is 0.568. The predicted octanol–water partition coefficient (Wildman–Crippen LogP) is 3.83. The summed E-state index contributed by atoms with van der Waals surface area (Å²) in [6, 6.07) is 14.7. The molecule has 0 radical (unpaired) electrons. The first-order valence-electron chi connectivity index (χ1n) is 7.61. The van der Waals surface area contributed by atoms with Crippen LogP contribution in [0.5, 0.6) is 11.5 Å². The van der Waals surface area contributed by atoms with Crippen LogP contribution in [0.1, 0.15) is 20.7 Å². The number of hydrogen-bond donors (Lipinski definition) is 4. The third-order valence-corrected chi connectivity index (χ3v) is 3.99. The van der Waals surface area contributed by atoms with Gasteiger partial charge in [0.25, 0.3) is 0 Å². The van der Waals surface area contributed by atoms with E-state index in [1.54, 1.807) is 18.2 Å². The highest BCUT2D eigenvalue weighted by molar-refractivity contribution is 6.00. The fourth-order valence-corrected chi connectivity index (χ4v) is 2.87. The van der Waals surface area contributed by atoms with Gasteiger partial charge in [-0.25, -0.2) is 9.59 Å². The highest BCUT2D eigenvalue weighted by atomic mass is 16.4. The minimum atomic E-state index is -1.20. The number of benzene rings is 3. The second-order valence-corrected chi connectivity index (χ2v) is 5.59. The summed E-state index contributed by atoms with van der Waals surface area (Å²) in [4.78, 5) is 22.9. The van der Waals surface area contributed by atoms with Gasteiger partial charge in [0.1, 0.15) is 11.5 Å². The molecule has 0 aliphatic heterocycles. The fourth-order valence-electron chi connectivity index (χ4n) is 2.87. The Morgan fingerprint density at radius 2 is 1.00 bits per heavy atom. The number of phenols is 2. The molecule has 4 N–H and O–H groups in total. The molecule has 6 heteroatoms. The van der Waals surface area contributed by atoms with Crippen molar-refractivity contribution in [3.8, 4) is 33.8 Å². The molecule has 0 aliphatic rings. The number of carboxylic acid groups (broad SMARTS) is 2. The van der Waals surface area contributed by atoms with Crippen molar-refractivity contribution in [2.24, 2.45) is 0 Å². The maximum Gasteiger partial charge on any atom is 0.336 e. The van der Waals surface area contributed by atoms with E-state index in [1.165, 1.54) is 42.5 Å². The zero-order valence-electron chi connectivity index (χ0n) is 13.4. The number of aromatic carboxylic acids is 2. The Kier molecular flexibility index (Phi) is 4.33. The van der Waals surface area contributed by atoms with Gasteiger partial charge in [0, 0.05) is 11.1 Å². The number of hydrogen-bond acceptors (Lipinski definition) is 4. The summed E-state index contributed by atoms with van der Waals surface area (Å²) >= 11 is 0. The van der Waals surface area contributed by atoms with Gasteiger partial charge in [-0.3, -0.25) is 0 Å². The van der Waals surface area contributed by atoms with Crippen LogP contribution in [0.2, 0.25) is 0 Å². The van der Waals surface area contributed by atoms with Crippen molar-refractivity contribution in [2.75, 3.05) is 0 Å². The third-order valence-electron chi connectivity index (χ3n) is 3.99. The lowest BCUT2D eigenvalue weighted by Crippen LogP contribution is -2.01. The van der Waals surface area contributed by atoms with Crippen LogP contribution >= 0.6 is 0 Å². The summed E-state index contributed by atoms with van der Waals surface area (Å²) < 4.78 is 0. The lowest BCUT2D eigenvalue weighted by molar-refractivity contribution is 0.0686. The van der Waals surface area contributed by atoms with Crippen LogP contribution in [0, 0.1) is 0 Å². The van der Waals surface area contributed by atoms with Crippen LogP contribution in [0.15, 0.2) is 60.7 Å². The van der Waals surface area contributed by atoms with Crippen LogP contribution in [0.25, 0.3) is 22.3 Å². The van der Waals surface area contributed by atoms with Gasteiger partial charge in [-0.15, -0.1) is 0 Å². The molecule has 130 valence electrons. The molecule has 0 bridgehead atoms. The van der Waals surface area contributed by atoms with Gasteiger partial charge in [0.2, 0.25) is 0 Å². The first kappa shape index (κ1) is 17.0. The van der Waals surface area contributed by atoms with Gasteiger partial charge in [0.15, 0.2) is 0 Å². The van der Waals surface area contributed by atoms with Gasteiger partial charge >= 0.3 is 11.9 Å². The van der Waals surface area contributed by atoms with Gasteiger partial charge in [0.05, 0.1) is 11.1 Å². The lowest BCUT2D eigenvalue weighted by atomic mass is 9.93. The Bertz CT molecular complexity index is 944. The van der Waals surface area contributed by atoms with E-state index in [0.29, 0.717) is 11.1 Å². The SMILES string of the molecule is O=C(O)c1cccc(O)c1-c1cccc(-c2c(O)cccc2C(=O)O)c1. The van der Waals surface area contributed by atoms with Crippen LogP contribution < -0.4 is 0 Å². The smallest absolute Gasteiger partial charge is 0.336 e. The van der Waals surface area contributed by atoms with Crippen molar-refractivity contribution in [3.63, 3.8) is 0 Å². The molecule has 26 heavy (non-hydrogen) atoms. The van der Waals surface area contributed by atoms with Gasteiger partial charge in [-0.1, -0.05) is 30.3 Å². The normalized spacial score (nSPS) is 10.5. The molecule has 3 aromatic rings. The first-order valence-corrected chi connectivity index (χ1v) is 7.61. The molecule has 0 saturated carbocycles. The Morgan fingerprint density at radius 3 is 1.38 bits per heavy atom. The number of aromatic hydroxyl groups is 2. The van der Waals surface area contributed by atoms with Crippen molar-refractivity contribution in [1.82, 2.24) is 0 Å². The van der Waals surface area contributed by atoms with E-state index in [9.17, 15) is 30.0 Å². The zero-order chi connectivity index (χ0) is 18.8. The Morgan fingerprint density at radius 1 is 0.615 bits per heavy atom. The number of carboxylic acids is 2. The third kappa shape index (κ3) is 2.95. The highest BCUT2D eigenvalue weighted by Gasteiger charge is 2.19. The van der Waals surface area contributed by atoms with Crippen LogP contribution in [-0.4, -0.2) is 32.4 Å². The molecule has 6 nitrogen and oxygen atoms in total. The van der Waals surface area contributed by atoms with Crippen molar-refractivity contribution >= 4 is 11.9 Å². The largest absolute Gasteiger partial charge is 0.507 e. The van der Waals surface area contributed by atoms with Crippen LogP contribution in [0.4, 0.5) is 0 Å². The standard InChI is InChI=1S/C20H14O6/c21-15-8-2-6-13(19(23)24)17(15)11-4-1-5-12(10-11)18-14(20(25)26)7-3-9-16(18)22/h1-10,21-22H,(H,23,24)(H,25,26). The van der Waals surface area contributed by atoms with E-state index in [0.717, 1.165) is 0 Å². The van der Waals surface area contributed by atoms with Crippen molar-refractivity contribution in [1.29, 1.82) is 0 Å². The molecule has 0 fully saturated rings. The molecule has 0 atom stereocenters. The van der Waals surface area contributed by atoms with Crippen molar-refractivity contribution in [2.45, 2.75) is 0 Å². The first-order chi connectivity index (χ1) is 12.4. The summed E-state index contributed by atoms with van der Waals surface area (Å²) in [6.45, 7) is 0. The molecular formula is C20H14O6. The van der Waals surface area contributed by atoms with E-state index in [1.807, 2.05) is 0 Å². The van der Waals surface area contributed by atoms with Crippen molar-refractivity contribution in [3.05, 3.63) is 71.8 Å². The number of phenolic OH excluding ortho intramolecular Hbond substituents is 2. The van der Waals surface area contributed by atoms with E-state index in [4.69, 9.17) is 0 Å². The molecule has 0 aromatic heterocycles. The number of rotatable bonds is 4. The Hall–Kier alpha value is -3.80. The maximum atomic E-state index is 11.5. The summed E-state index contributed by atoms with van der Waals surface area (Å²) in [5, 5.41) is 39.0. The van der Waals surface area contributed by atoms with E-state index in [-0.39, 0.29) is 33.8 Å². The molecule has 0 spiro atoms. The summed E-state index contributed by atoms with van der Waals surface area (Å²) in [7, 11) is 0. The minimum absolute atomic E-state index is 0.0853. The lowest BCUT2D eigenvalue weighted by Gasteiger charge is -2.13. The van der Waals surface area contributed by atoms with E-state index < -0.39 is 11.9 Å². The number of carbonyl (C=O) groups is 2. The minimum Gasteiger partial charge on any atom is -0.507 e. The summed E-state index contributed by atoms with van der Waals surface area (Å²) in [5.74, 6) is -2.82. The molecule has 3 rings (SSSR count). The van der Waals surface area contributed by atoms with Crippen LogP contribution in [-0.2, 0) is 0 Å². The van der Waals surface area contributed by atoms with Gasteiger partial charge < -0.3 is 20.4 Å². The molecule has 0 amide bonds. The average Bonchev–Trinajstić information content (AvgIpc) is 2.61. The van der Waals surface area contributed by atoms with E-state index >= 15 is 0 Å².